The Kier molecular flexibility index (Phi) is 6.68. The van der Waals surface area contributed by atoms with Crippen molar-refractivity contribution in [2.24, 2.45) is 0 Å². The lowest BCUT2D eigenvalue weighted by atomic mass is 10.2. The maximum Gasteiger partial charge on any atom is 0.317 e. The third-order valence-corrected chi connectivity index (χ3v) is 2.48. The minimum Gasteiger partial charge on any atom is -0.480 e. The molecule has 0 aromatic heterocycles. The number of carbonyl (C=O) groups is 1. The Morgan fingerprint density at radius 2 is 2.07 bits per heavy atom. The molecule has 1 rings (SSSR count). The van der Waals surface area contributed by atoms with Gasteiger partial charge in [-0.05, 0) is 11.6 Å². The van der Waals surface area contributed by atoms with E-state index in [1.54, 1.807) is 18.2 Å². The smallest absolute Gasteiger partial charge is 0.317 e. The van der Waals surface area contributed by atoms with Gasteiger partial charge in [-0.15, -0.1) is 12.4 Å². The van der Waals surface area contributed by atoms with Crippen molar-refractivity contribution in [3.8, 4) is 0 Å². The number of rotatable bonds is 4. The summed E-state index contributed by atoms with van der Waals surface area (Å²) in [4.78, 5) is 10.2. The molecule has 0 bridgehead atoms. The van der Waals surface area contributed by atoms with Crippen molar-refractivity contribution in [2.75, 3.05) is 6.54 Å². The molecule has 84 valence electrons. The number of aliphatic carboxylic acids is 1. The van der Waals surface area contributed by atoms with Crippen molar-refractivity contribution in [3.05, 3.63) is 33.8 Å². The zero-order chi connectivity index (χ0) is 10.6. The molecule has 1 aromatic rings. The monoisotopic (exact) mass is 269 g/mol. The van der Waals surface area contributed by atoms with Gasteiger partial charge in [0, 0.05) is 6.54 Å². The highest BCUT2D eigenvalue weighted by Gasteiger charge is 2.04. The molecule has 0 aliphatic rings. The van der Waals surface area contributed by atoms with Gasteiger partial charge < -0.3 is 10.4 Å². The van der Waals surface area contributed by atoms with E-state index in [0.717, 1.165) is 5.56 Å². The molecular weight excluding hydrogens is 260 g/mol. The van der Waals surface area contributed by atoms with Crippen molar-refractivity contribution in [3.63, 3.8) is 0 Å². The van der Waals surface area contributed by atoms with Crippen molar-refractivity contribution in [2.45, 2.75) is 6.54 Å². The molecular formula is C9H10Cl3NO2. The number of carboxylic acid groups (broad SMARTS) is 1. The average molecular weight is 271 g/mol. The van der Waals surface area contributed by atoms with E-state index in [-0.39, 0.29) is 19.0 Å². The number of hydrogen-bond acceptors (Lipinski definition) is 2. The van der Waals surface area contributed by atoms with E-state index in [0.29, 0.717) is 16.6 Å². The normalized spacial score (nSPS) is 9.47. The van der Waals surface area contributed by atoms with Gasteiger partial charge in [-0.2, -0.15) is 0 Å². The first-order chi connectivity index (χ1) is 6.61. The molecule has 0 unspecified atom stereocenters. The molecule has 1 aromatic carbocycles. The van der Waals surface area contributed by atoms with E-state index in [2.05, 4.69) is 5.32 Å². The lowest BCUT2D eigenvalue weighted by Crippen LogP contribution is -2.21. The van der Waals surface area contributed by atoms with Crippen LogP contribution in [0.3, 0.4) is 0 Å². The van der Waals surface area contributed by atoms with Crippen LogP contribution in [0.5, 0.6) is 0 Å². The number of nitrogens with one attached hydrogen (secondary N) is 1. The fraction of sp³-hybridized carbons (Fsp3) is 0.222. The van der Waals surface area contributed by atoms with Gasteiger partial charge in [0.15, 0.2) is 0 Å². The molecule has 0 saturated carbocycles. The van der Waals surface area contributed by atoms with Gasteiger partial charge in [0.1, 0.15) is 0 Å². The van der Waals surface area contributed by atoms with Crippen LogP contribution >= 0.6 is 35.6 Å². The summed E-state index contributed by atoms with van der Waals surface area (Å²) in [5, 5.41) is 12.1. The Bertz CT molecular complexity index is 344. The Hall–Kier alpha value is -0.480. The average Bonchev–Trinajstić information content (AvgIpc) is 2.12. The SMILES string of the molecule is Cl.O=C(O)CNCc1cccc(Cl)c1Cl. The topological polar surface area (TPSA) is 49.3 Å². The quantitative estimate of drug-likeness (QED) is 0.884. The van der Waals surface area contributed by atoms with Crippen molar-refractivity contribution in [1.82, 2.24) is 5.32 Å². The van der Waals surface area contributed by atoms with Crippen LogP contribution in [0.25, 0.3) is 0 Å². The summed E-state index contributed by atoms with van der Waals surface area (Å²) in [5.74, 6) is -0.900. The molecule has 0 atom stereocenters. The highest BCUT2D eigenvalue weighted by molar-refractivity contribution is 6.42. The van der Waals surface area contributed by atoms with Crippen LogP contribution in [-0.4, -0.2) is 17.6 Å². The van der Waals surface area contributed by atoms with E-state index in [9.17, 15) is 4.79 Å². The molecule has 0 saturated heterocycles. The minimum atomic E-state index is -0.900. The molecule has 0 spiro atoms. The lowest BCUT2D eigenvalue weighted by Gasteiger charge is -2.05. The predicted octanol–water partition coefficient (Wildman–Crippen LogP) is 2.59. The largest absolute Gasteiger partial charge is 0.480 e. The Morgan fingerprint density at radius 3 is 2.67 bits per heavy atom. The second-order valence-corrected chi connectivity index (χ2v) is 3.50. The molecule has 3 nitrogen and oxygen atoms in total. The number of halogens is 3. The highest BCUT2D eigenvalue weighted by atomic mass is 35.5. The van der Waals surface area contributed by atoms with Crippen molar-refractivity contribution in [1.29, 1.82) is 0 Å². The summed E-state index contributed by atoms with van der Waals surface area (Å²) in [7, 11) is 0. The van der Waals surface area contributed by atoms with Crippen molar-refractivity contribution >= 4 is 41.6 Å². The Balaban J connectivity index is 0.00000196. The van der Waals surface area contributed by atoms with Gasteiger partial charge in [0.2, 0.25) is 0 Å². The zero-order valence-corrected chi connectivity index (χ0v) is 9.99. The number of benzene rings is 1. The highest BCUT2D eigenvalue weighted by Crippen LogP contribution is 2.25. The van der Waals surface area contributed by atoms with E-state index in [1.165, 1.54) is 0 Å². The molecule has 6 heteroatoms. The lowest BCUT2D eigenvalue weighted by molar-refractivity contribution is -0.135. The Morgan fingerprint density at radius 1 is 1.40 bits per heavy atom. The fourth-order valence-corrected chi connectivity index (χ4v) is 1.38. The van der Waals surface area contributed by atoms with Gasteiger partial charge in [-0.1, -0.05) is 35.3 Å². The van der Waals surface area contributed by atoms with Crippen LogP contribution in [-0.2, 0) is 11.3 Å². The minimum absolute atomic E-state index is 0. The van der Waals surface area contributed by atoms with Crippen LogP contribution in [0.1, 0.15) is 5.56 Å². The molecule has 0 heterocycles. The van der Waals surface area contributed by atoms with Gasteiger partial charge >= 0.3 is 5.97 Å². The van der Waals surface area contributed by atoms with Crippen LogP contribution < -0.4 is 5.32 Å². The van der Waals surface area contributed by atoms with E-state index in [1.807, 2.05) is 0 Å². The molecule has 15 heavy (non-hydrogen) atoms. The molecule has 0 radical (unpaired) electrons. The fourth-order valence-electron chi connectivity index (χ4n) is 0.989. The maximum absolute atomic E-state index is 10.2. The van der Waals surface area contributed by atoms with Crippen molar-refractivity contribution < 1.29 is 9.90 Å². The summed E-state index contributed by atoms with van der Waals surface area (Å²) in [6, 6.07) is 5.25. The van der Waals surface area contributed by atoms with E-state index >= 15 is 0 Å². The van der Waals surface area contributed by atoms with Gasteiger partial charge in [0.25, 0.3) is 0 Å². The van der Waals surface area contributed by atoms with Gasteiger partial charge in [0.05, 0.1) is 16.6 Å². The molecule has 0 fully saturated rings. The first-order valence-electron chi connectivity index (χ1n) is 3.96. The van der Waals surface area contributed by atoms with Crippen LogP contribution in [0.2, 0.25) is 10.0 Å². The maximum atomic E-state index is 10.2. The molecule has 0 aliphatic heterocycles. The number of hydrogen-bond donors (Lipinski definition) is 2. The number of carboxylic acids is 1. The van der Waals surface area contributed by atoms with Gasteiger partial charge in [-0.25, -0.2) is 0 Å². The molecule has 2 N–H and O–H groups in total. The predicted molar refractivity (Wildman–Crippen MR) is 63.1 cm³/mol. The zero-order valence-electron chi connectivity index (χ0n) is 7.67. The van der Waals surface area contributed by atoms with Crippen LogP contribution in [0.15, 0.2) is 18.2 Å². The summed E-state index contributed by atoms with van der Waals surface area (Å²) >= 11 is 11.7. The summed E-state index contributed by atoms with van der Waals surface area (Å²) in [6.07, 6.45) is 0. The first-order valence-corrected chi connectivity index (χ1v) is 4.72. The second kappa shape index (κ2) is 6.90. The summed E-state index contributed by atoms with van der Waals surface area (Å²) in [5.41, 5.74) is 0.792. The van der Waals surface area contributed by atoms with E-state index < -0.39 is 5.97 Å². The standard InChI is InChI=1S/C9H9Cl2NO2.ClH/c10-7-3-1-2-6(9(7)11)4-12-5-8(13)14;/h1-3,12H,4-5H2,(H,13,14);1H. The summed E-state index contributed by atoms with van der Waals surface area (Å²) in [6.45, 7) is 0.300. The second-order valence-electron chi connectivity index (χ2n) is 2.71. The summed E-state index contributed by atoms with van der Waals surface area (Å²) < 4.78 is 0. The third-order valence-electron chi connectivity index (χ3n) is 1.62. The van der Waals surface area contributed by atoms with Gasteiger partial charge in [-0.3, -0.25) is 4.79 Å². The van der Waals surface area contributed by atoms with E-state index in [4.69, 9.17) is 28.3 Å². The third kappa shape index (κ3) is 4.71. The molecule has 0 aliphatic carbocycles. The van der Waals surface area contributed by atoms with Crippen LogP contribution in [0, 0.1) is 0 Å². The first kappa shape index (κ1) is 14.5. The van der Waals surface area contributed by atoms with Crippen LogP contribution in [0.4, 0.5) is 0 Å². The Labute approximate surface area is 104 Å². The molecule has 0 amide bonds.